The first-order chi connectivity index (χ1) is 21.7. The van der Waals surface area contributed by atoms with Crippen molar-refractivity contribution in [1.82, 2.24) is 4.57 Å². The molecule has 0 aliphatic carbocycles. The first-order valence-corrected chi connectivity index (χ1v) is 15.0. The Morgan fingerprint density at radius 1 is 0.778 bits per heavy atom. The molecule has 0 unspecified atom stereocenters. The van der Waals surface area contributed by atoms with Crippen LogP contribution in [-0.2, 0) is 18.9 Å². The molecule has 9 heteroatoms. The Hall–Kier alpha value is -5.02. The fourth-order valence-corrected chi connectivity index (χ4v) is 6.27. The van der Waals surface area contributed by atoms with Gasteiger partial charge in [0.1, 0.15) is 12.4 Å². The van der Waals surface area contributed by atoms with E-state index in [9.17, 15) is 27.9 Å². The van der Waals surface area contributed by atoms with Crippen LogP contribution >= 0.6 is 11.8 Å². The minimum Gasteiger partial charge on any atom is -0.489 e. The van der Waals surface area contributed by atoms with Crippen LogP contribution in [0.1, 0.15) is 37.5 Å². The van der Waals surface area contributed by atoms with Gasteiger partial charge in [-0.05, 0) is 64.4 Å². The van der Waals surface area contributed by atoms with Crippen molar-refractivity contribution in [3.63, 3.8) is 0 Å². The Morgan fingerprint density at radius 3 is 2.20 bits per heavy atom. The van der Waals surface area contributed by atoms with Crippen molar-refractivity contribution < 1.29 is 32.6 Å². The third kappa shape index (κ3) is 6.58. The number of carbonyl (C=O) groups excluding carboxylic acids is 1. The summed E-state index contributed by atoms with van der Waals surface area (Å²) in [7, 11) is 0. The molecule has 5 nitrogen and oxygen atoms in total. The quantitative estimate of drug-likeness (QED) is 0.121. The van der Waals surface area contributed by atoms with Gasteiger partial charge in [0.05, 0.1) is 11.1 Å². The predicted molar refractivity (Wildman–Crippen MR) is 169 cm³/mol. The van der Waals surface area contributed by atoms with Gasteiger partial charge in [-0.25, -0.2) is 4.79 Å². The van der Waals surface area contributed by atoms with Gasteiger partial charge in [-0.15, -0.1) is 11.8 Å². The predicted octanol–water partition coefficient (Wildman–Crippen LogP) is 9.16. The van der Waals surface area contributed by atoms with Crippen LogP contribution in [0.4, 0.5) is 13.2 Å². The lowest BCUT2D eigenvalue weighted by Crippen LogP contribution is -2.24. The third-order valence-electron chi connectivity index (χ3n) is 7.51. The normalized spacial score (nSPS) is 11.6. The van der Waals surface area contributed by atoms with Crippen molar-refractivity contribution in [1.29, 1.82) is 0 Å². The van der Waals surface area contributed by atoms with E-state index in [1.165, 1.54) is 30.0 Å². The second-order valence-corrected chi connectivity index (χ2v) is 11.5. The molecule has 0 bridgehead atoms. The molecule has 0 amide bonds. The van der Waals surface area contributed by atoms with Crippen LogP contribution in [0.3, 0.4) is 0 Å². The zero-order valence-electron chi connectivity index (χ0n) is 23.8. The van der Waals surface area contributed by atoms with Crippen molar-refractivity contribution >= 4 is 45.2 Å². The Balaban J connectivity index is 1.45. The van der Waals surface area contributed by atoms with Crippen LogP contribution in [0, 0.1) is 0 Å². The zero-order valence-corrected chi connectivity index (χ0v) is 24.6. The van der Waals surface area contributed by atoms with E-state index >= 15 is 0 Å². The molecule has 226 valence electrons. The molecule has 5 aromatic carbocycles. The van der Waals surface area contributed by atoms with E-state index in [2.05, 4.69) is 0 Å². The van der Waals surface area contributed by atoms with Gasteiger partial charge in [-0.1, -0.05) is 72.8 Å². The zero-order chi connectivity index (χ0) is 31.6. The molecule has 0 saturated heterocycles. The molecule has 0 fully saturated rings. The van der Waals surface area contributed by atoms with Crippen molar-refractivity contribution in [2.45, 2.75) is 30.0 Å². The number of ketones is 1. The summed E-state index contributed by atoms with van der Waals surface area (Å²) >= 11 is 1.34. The van der Waals surface area contributed by atoms with Crippen molar-refractivity contribution in [2.24, 2.45) is 0 Å². The lowest BCUT2D eigenvalue weighted by Gasteiger charge is -2.14. The standard InChI is InChI=1S/C36H26F3NO4S/c37-36(38,39)34(41)33-30-19-28(44-21-24-6-2-1-3-7-24)15-17-31(30)40(20-23-10-12-26(13-11-23)35(42)43)32(33)22-45-29-16-14-25-8-4-5-9-27(25)18-29/h1-19H,20-22H2,(H,42,43). The van der Waals surface area contributed by atoms with Gasteiger partial charge in [0.15, 0.2) is 0 Å². The van der Waals surface area contributed by atoms with E-state index in [1.54, 1.807) is 28.8 Å². The second-order valence-electron chi connectivity index (χ2n) is 10.5. The Kier molecular flexibility index (Phi) is 8.36. The van der Waals surface area contributed by atoms with Crippen molar-refractivity contribution in [3.05, 3.63) is 143 Å². The molecule has 0 aliphatic rings. The number of carboxylic acid groups (broad SMARTS) is 1. The van der Waals surface area contributed by atoms with Crippen molar-refractivity contribution in [2.75, 3.05) is 0 Å². The minimum absolute atomic E-state index is 0.0809. The average molecular weight is 626 g/mol. The molecular formula is C36H26F3NO4S. The van der Waals surface area contributed by atoms with E-state index in [-0.39, 0.29) is 35.5 Å². The number of halogens is 3. The maximum absolute atomic E-state index is 14.2. The van der Waals surface area contributed by atoms with Crippen LogP contribution in [0.15, 0.2) is 120 Å². The number of benzene rings is 5. The largest absolute Gasteiger partial charge is 0.489 e. The lowest BCUT2D eigenvalue weighted by molar-refractivity contribution is -0.0884. The molecular weight excluding hydrogens is 599 g/mol. The number of hydrogen-bond donors (Lipinski definition) is 1. The summed E-state index contributed by atoms with van der Waals surface area (Å²) < 4.78 is 50.1. The molecule has 6 rings (SSSR count). The maximum atomic E-state index is 14.2. The number of hydrogen-bond acceptors (Lipinski definition) is 4. The number of nitrogens with zero attached hydrogens (tertiary/aromatic N) is 1. The Bertz CT molecular complexity index is 2020. The highest BCUT2D eigenvalue weighted by Gasteiger charge is 2.42. The highest BCUT2D eigenvalue weighted by atomic mass is 32.2. The van der Waals surface area contributed by atoms with E-state index in [4.69, 9.17) is 4.74 Å². The van der Waals surface area contributed by atoms with Gasteiger partial charge >= 0.3 is 12.1 Å². The first kappa shape index (κ1) is 30.0. The van der Waals surface area contributed by atoms with Gasteiger partial charge < -0.3 is 14.4 Å². The fourth-order valence-electron chi connectivity index (χ4n) is 5.29. The number of aromatic carboxylic acids is 1. The number of thioether (sulfide) groups is 1. The second kappa shape index (κ2) is 12.5. The number of aromatic nitrogens is 1. The summed E-state index contributed by atoms with van der Waals surface area (Å²) in [5, 5.41) is 11.5. The van der Waals surface area contributed by atoms with Gasteiger partial charge in [0.25, 0.3) is 5.78 Å². The van der Waals surface area contributed by atoms with Crippen LogP contribution in [0.5, 0.6) is 5.75 Å². The summed E-state index contributed by atoms with van der Waals surface area (Å²) in [6.07, 6.45) is -5.11. The molecule has 0 atom stereocenters. The van der Waals surface area contributed by atoms with E-state index < -0.39 is 23.5 Å². The summed E-state index contributed by atoms with van der Waals surface area (Å²) in [5.74, 6) is -2.60. The maximum Gasteiger partial charge on any atom is 0.454 e. The van der Waals surface area contributed by atoms with E-state index in [0.29, 0.717) is 16.8 Å². The molecule has 1 aromatic heterocycles. The lowest BCUT2D eigenvalue weighted by atomic mass is 10.1. The number of alkyl halides is 3. The SMILES string of the molecule is O=C(O)c1ccc(Cn2c(CSc3ccc4ccccc4c3)c(C(=O)C(F)(F)F)c3cc(OCc4ccccc4)ccc32)cc1. The number of Topliss-reactive ketones (excluding diaryl/α,β-unsaturated/α-hetero) is 1. The smallest absolute Gasteiger partial charge is 0.454 e. The van der Waals surface area contributed by atoms with Gasteiger partial charge in [-0.2, -0.15) is 13.2 Å². The topological polar surface area (TPSA) is 68.5 Å². The molecule has 1 heterocycles. The molecule has 0 aliphatic heterocycles. The molecule has 45 heavy (non-hydrogen) atoms. The van der Waals surface area contributed by atoms with Gasteiger partial charge in [0, 0.05) is 33.8 Å². The average Bonchev–Trinajstić information content (AvgIpc) is 3.34. The minimum atomic E-state index is -5.11. The van der Waals surface area contributed by atoms with Crippen LogP contribution in [-0.4, -0.2) is 27.6 Å². The van der Waals surface area contributed by atoms with Crippen LogP contribution in [0.2, 0.25) is 0 Å². The van der Waals surface area contributed by atoms with E-state index in [0.717, 1.165) is 21.2 Å². The van der Waals surface area contributed by atoms with E-state index in [1.807, 2.05) is 72.8 Å². The molecule has 0 radical (unpaired) electrons. The summed E-state index contributed by atoms with van der Waals surface area (Å²) in [6, 6.07) is 34.0. The first-order valence-electron chi connectivity index (χ1n) is 14.0. The molecule has 0 spiro atoms. The number of ether oxygens (including phenoxy) is 1. The van der Waals surface area contributed by atoms with Gasteiger partial charge in [-0.3, -0.25) is 4.79 Å². The highest BCUT2D eigenvalue weighted by molar-refractivity contribution is 7.98. The summed E-state index contributed by atoms with van der Waals surface area (Å²) in [6.45, 7) is 0.329. The summed E-state index contributed by atoms with van der Waals surface area (Å²) in [4.78, 5) is 25.3. The van der Waals surface area contributed by atoms with Crippen LogP contribution < -0.4 is 4.74 Å². The molecule has 0 saturated carbocycles. The Labute approximate surface area is 260 Å². The fraction of sp³-hybridized carbons (Fsp3) is 0.111. The number of carboxylic acids is 1. The Morgan fingerprint density at radius 2 is 1.49 bits per heavy atom. The summed E-state index contributed by atoms with van der Waals surface area (Å²) in [5.41, 5.74) is 1.89. The molecule has 1 N–H and O–H groups in total. The highest BCUT2D eigenvalue weighted by Crippen LogP contribution is 2.38. The number of rotatable bonds is 10. The van der Waals surface area contributed by atoms with Crippen LogP contribution in [0.25, 0.3) is 21.7 Å². The number of fused-ring (bicyclic) bond motifs is 2. The van der Waals surface area contributed by atoms with Crippen molar-refractivity contribution in [3.8, 4) is 5.75 Å². The molecule has 6 aromatic rings. The monoisotopic (exact) mass is 625 g/mol. The number of carbonyl (C=O) groups is 2. The van der Waals surface area contributed by atoms with Gasteiger partial charge in [0.2, 0.25) is 0 Å². The third-order valence-corrected chi connectivity index (χ3v) is 8.52.